The van der Waals surface area contributed by atoms with Crippen molar-refractivity contribution in [2.45, 2.75) is 37.3 Å². The van der Waals surface area contributed by atoms with E-state index >= 15 is 0 Å². The lowest BCUT2D eigenvalue weighted by Gasteiger charge is -2.39. The summed E-state index contributed by atoms with van der Waals surface area (Å²) in [6, 6.07) is 6.63. The summed E-state index contributed by atoms with van der Waals surface area (Å²) >= 11 is 0. The van der Waals surface area contributed by atoms with Gasteiger partial charge in [0.15, 0.2) is 23.0 Å². The summed E-state index contributed by atoms with van der Waals surface area (Å²) in [5.41, 5.74) is 0.461. The second-order valence-electron chi connectivity index (χ2n) is 7.42. The molecule has 1 heterocycles. The molecule has 5 atom stereocenters. The number of hydrogen-bond donors (Lipinski definition) is 6. The zero-order chi connectivity index (χ0) is 25.0. The van der Waals surface area contributed by atoms with Gasteiger partial charge in [0, 0.05) is 0 Å². The quantitative estimate of drug-likeness (QED) is 0.269. The van der Waals surface area contributed by atoms with Crippen LogP contribution < -0.4 is 14.2 Å². The summed E-state index contributed by atoms with van der Waals surface area (Å²) in [6.07, 6.45) is -7.45. The Morgan fingerprint density at radius 2 is 1.59 bits per heavy atom. The Labute approximate surface area is 194 Å². The molecule has 1 saturated heterocycles. The molecular formula is C22H26O12. The molecule has 1 aliphatic rings. The monoisotopic (exact) mass is 482 g/mol. The maximum atomic E-state index is 12.4. The van der Waals surface area contributed by atoms with Crippen LogP contribution in [0.4, 0.5) is 0 Å². The van der Waals surface area contributed by atoms with Crippen molar-refractivity contribution in [1.82, 2.24) is 0 Å². The van der Waals surface area contributed by atoms with E-state index in [1.54, 1.807) is 0 Å². The molecule has 1 aliphatic heterocycles. The van der Waals surface area contributed by atoms with Crippen LogP contribution in [-0.2, 0) is 16.1 Å². The number of aliphatic hydroxyl groups is 4. The number of carbonyl (C=O) groups excluding carboxylic acids is 1. The van der Waals surface area contributed by atoms with Crippen LogP contribution in [0.3, 0.4) is 0 Å². The zero-order valence-corrected chi connectivity index (χ0v) is 18.3. The highest BCUT2D eigenvalue weighted by molar-refractivity contribution is 5.91. The maximum Gasteiger partial charge on any atom is 0.338 e. The zero-order valence-electron chi connectivity index (χ0n) is 18.3. The van der Waals surface area contributed by atoms with Gasteiger partial charge in [-0.2, -0.15) is 0 Å². The molecule has 34 heavy (non-hydrogen) atoms. The van der Waals surface area contributed by atoms with Crippen LogP contribution in [0.15, 0.2) is 30.3 Å². The Hall–Kier alpha value is -3.29. The summed E-state index contributed by atoms with van der Waals surface area (Å²) in [5, 5.41) is 59.2. The van der Waals surface area contributed by atoms with Gasteiger partial charge in [0.25, 0.3) is 0 Å². The molecule has 3 rings (SSSR count). The minimum absolute atomic E-state index is 0.0265. The second kappa shape index (κ2) is 10.8. The molecule has 12 heteroatoms. The van der Waals surface area contributed by atoms with Gasteiger partial charge in [0.05, 0.1) is 26.4 Å². The third kappa shape index (κ3) is 5.26. The highest BCUT2D eigenvalue weighted by atomic mass is 16.7. The SMILES string of the molecule is COc1cc(C(=O)OCc2ccc(O[C@@H]3O[C@H](CO)[C@@H](O)[C@H](O)[C@H]3O)c(O)c2)cc(OC)c1O. The molecule has 0 amide bonds. The Balaban J connectivity index is 1.66. The van der Waals surface area contributed by atoms with Crippen molar-refractivity contribution in [3.05, 3.63) is 41.5 Å². The van der Waals surface area contributed by atoms with Crippen LogP contribution >= 0.6 is 0 Å². The van der Waals surface area contributed by atoms with E-state index in [0.717, 1.165) is 0 Å². The fourth-order valence-electron chi connectivity index (χ4n) is 3.29. The number of phenols is 2. The van der Waals surface area contributed by atoms with Gasteiger partial charge in [-0.25, -0.2) is 4.79 Å². The number of carbonyl (C=O) groups is 1. The van der Waals surface area contributed by atoms with E-state index in [9.17, 15) is 35.4 Å². The Morgan fingerprint density at radius 1 is 0.941 bits per heavy atom. The minimum atomic E-state index is -1.64. The van der Waals surface area contributed by atoms with Crippen molar-refractivity contribution in [3.63, 3.8) is 0 Å². The van der Waals surface area contributed by atoms with Gasteiger partial charge in [-0.3, -0.25) is 0 Å². The molecule has 2 aromatic carbocycles. The van der Waals surface area contributed by atoms with Gasteiger partial charge in [0.2, 0.25) is 12.0 Å². The van der Waals surface area contributed by atoms with Crippen molar-refractivity contribution >= 4 is 5.97 Å². The van der Waals surface area contributed by atoms with Crippen molar-refractivity contribution < 1.29 is 59.1 Å². The Morgan fingerprint density at radius 3 is 2.15 bits per heavy atom. The lowest BCUT2D eigenvalue weighted by atomic mass is 9.99. The number of benzene rings is 2. The number of aromatic hydroxyl groups is 2. The molecule has 2 aromatic rings. The predicted molar refractivity (Wildman–Crippen MR) is 113 cm³/mol. The van der Waals surface area contributed by atoms with E-state index in [1.165, 1.54) is 44.6 Å². The fourth-order valence-corrected chi connectivity index (χ4v) is 3.29. The number of methoxy groups -OCH3 is 2. The average Bonchev–Trinajstić information content (AvgIpc) is 2.84. The average molecular weight is 482 g/mol. The summed E-state index contributed by atoms with van der Waals surface area (Å²) in [5.74, 6) is -1.44. The molecule has 0 aliphatic carbocycles. The maximum absolute atomic E-state index is 12.4. The number of phenolic OH excluding ortho intramolecular Hbond substituents is 2. The van der Waals surface area contributed by atoms with Crippen LogP contribution in [0.1, 0.15) is 15.9 Å². The van der Waals surface area contributed by atoms with E-state index in [0.29, 0.717) is 5.56 Å². The van der Waals surface area contributed by atoms with Gasteiger partial charge in [-0.15, -0.1) is 0 Å². The molecule has 186 valence electrons. The van der Waals surface area contributed by atoms with Crippen LogP contribution in [-0.4, -0.2) is 88.1 Å². The van der Waals surface area contributed by atoms with Crippen LogP contribution in [0, 0.1) is 0 Å². The van der Waals surface area contributed by atoms with Gasteiger partial charge in [-0.05, 0) is 29.8 Å². The molecule has 0 radical (unpaired) electrons. The molecule has 12 nitrogen and oxygen atoms in total. The van der Waals surface area contributed by atoms with Crippen molar-refractivity contribution in [3.8, 4) is 28.7 Å². The Bertz CT molecular complexity index is 982. The topological polar surface area (TPSA) is 185 Å². The summed E-state index contributed by atoms with van der Waals surface area (Å²) in [4.78, 5) is 12.4. The predicted octanol–water partition coefficient (Wildman–Crippen LogP) is -0.349. The van der Waals surface area contributed by atoms with Crippen LogP contribution in [0.2, 0.25) is 0 Å². The van der Waals surface area contributed by atoms with Crippen molar-refractivity contribution in [2.24, 2.45) is 0 Å². The first kappa shape index (κ1) is 25.3. The molecular weight excluding hydrogens is 456 g/mol. The molecule has 1 fully saturated rings. The number of rotatable bonds is 8. The highest BCUT2D eigenvalue weighted by Crippen LogP contribution is 2.37. The number of hydrogen-bond acceptors (Lipinski definition) is 12. The smallest absolute Gasteiger partial charge is 0.338 e. The van der Waals surface area contributed by atoms with E-state index in [4.69, 9.17) is 23.7 Å². The number of aliphatic hydroxyl groups excluding tert-OH is 4. The third-order valence-corrected chi connectivity index (χ3v) is 5.20. The van der Waals surface area contributed by atoms with Crippen molar-refractivity contribution in [2.75, 3.05) is 20.8 Å². The lowest BCUT2D eigenvalue weighted by molar-refractivity contribution is -0.277. The van der Waals surface area contributed by atoms with Crippen LogP contribution in [0.5, 0.6) is 28.7 Å². The lowest BCUT2D eigenvalue weighted by Crippen LogP contribution is -2.60. The van der Waals surface area contributed by atoms with E-state index < -0.39 is 43.3 Å². The van der Waals surface area contributed by atoms with Crippen LogP contribution in [0.25, 0.3) is 0 Å². The molecule has 0 bridgehead atoms. The fraction of sp³-hybridized carbons (Fsp3) is 0.409. The first-order chi connectivity index (χ1) is 16.2. The second-order valence-corrected chi connectivity index (χ2v) is 7.42. The molecule has 0 aromatic heterocycles. The first-order valence-electron chi connectivity index (χ1n) is 10.1. The highest BCUT2D eigenvalue weighted by Gasteiger charge is 2.44. The van der Waals surface area contributed by atoms with Crippen molar-refractivity contribution in [1.29, 1.82) is 0 Å². The summed E-state index contributed by atoms with van der Waals surface area (Å²) in [6.45, 7) is -0.849. The normalized spacial score (nSPS) is 24.4. The Kier molecular flexibility index (Phi) is 8.02. The largest absolute Gasteiger partial charge is 0.504 e. The third-order valence-electron chi connectivity index (χ3n) is 5.20. The molecule has 0 unspecified atom stereocenters. The standard InChI is InChI=1S/C22H26O12/c1-30-14-6-11(7-15(31-2)17(14)25)21(29)32-9-10-3-4-13(12(24)5-10)33-22-20(28)19(27)18(26)16(8-23)34-22/h3-7,16,18-20,22-28H,8-9H2,1-2H3/t16-,18-,19+,20-,22-/m1/s1. The van der Waals surface area contributed by atoms with E-state index in [2.05, 4.69) is 0 Å². The number of esters is 1. The summed E-state index contributed by atoms with van der Waals surface area (Å²) in [7, 11) is 2.64. The molecule has 0 saturated carbocycles. The van der Waals surface area contributed by atoms with Gasteiger partial charge < -0.3 is 54.3 Å². The molecule has 0 spiro atoms. The van der Waals surface area contributed by atoms with E-state index in [-0.39, 0.29) is 40.9 Å². The summed E-state index contributed by atoms with van der Waals surface area (Å²) < 4.78 is 25.9. The van der Waals surface area contributed by atoms with Gasteiger partial charge in [-0.1, -0.05) is 6.07 Å². The first-order valence-corrected chi connectivity index (χ1v) is 10.1. The number of ether oxygens (including phenoxy) is 5. The molecule has 6 N–H and O–H groups in total. The van der Waals surface area contributed by atoms with Gasteiger partial charge in [0.1, 0.15) is 31.0 Å². The minimum Gasteiger partial charge on any atom is -0.504 e. The van der Waals surface area contributed by atoms with Gasteiger partial charge >= 0.3 is 5.97 Å². The van der Waals surface area contributed by atoms with E-state index in [1.807, 2.05) is 0 Å².